The maximum absolute atomic E-state index is 12.9. The maximum atomic E-state index is 12.9. The molecule has 0 radical (unpaired) electrons. The minimum absolute atomic E-state index is 0.179. The van der Waals surface area contributed by atoms with Crippen molar-refractivity contribution in [2.24, 2.45) is 0 Å². The Morgan fingerprint density at radius 2 is 1.62 bits per heavy atom. The zero-order valence-electron chi connectivity index (χ0n) is 12.9. The van der Waals surface area contributed by atoms with Crippen molar-refractivity contribution in [3.05, 3.63) is 57.7 Å². The van der Waals surface area contributed by atoms with Gasteiger partial charge in [0.1, 0.15) is 0 Å². The summed E-state index contributed by atoms with van der Waals surface area (Å²) in [6, 6.07) is 12.3. The van der Waals surface area contributed by atoms with Crippen LogP contribution in [0.25, 0.3) is 20.2 Å². The van der Waals surface area contributed by atoms with Gasteiger partial charge in [-0.05, 0) is 41.2 Å². The summed E-state index contributed by atoms with van der Waals surface area (Å²) in [6.07, 6.45) is 0. The zero-order valence-corrected chi connectivity index (χ0v) is 13.8. The van der Waals surface area contributed by atoms with E-state index in [1.807, 2.05) is 24.3 Å². The second kappa shape index (κ2) is 5.27. The van der Waals surface area contributed by atoms with E-state index in [0.29, 0.717) is 11.8 Å². The second-order valence-corrected chi connectivity index (χ2v) is 7.30. The molecule has 108 valence electrons. The standard InChI is InChI=1S/C19H20OS/c1-11(2)13-9-15(12(3)4)18-17(10-13)21-16-8-6-5-7-14(16)19(18)20/h5-12H,1-4H3. The van der Waals surface area contributed by atoms with Gasteiger partial charge in [-0.25, -0.2) is 0 Å². The highest BCUT2D eigenvalue weighted by Crippen LogP contribution is 2.33. The molecule has 1 nitrogen and oxygen atoms in total. The number of benzene rings is 2. The lowest BCUT2D eigenvalue weighted by Crippen LogP contribution is -2.06. The van der Waals surface area contributed by atoms with Crippen LogP contribution in [0.1, 0.15) is 50.7 Å². The molecule has 3 rings (SSSR count). The summed E-state index contributed by atoms with van der Waals surface area (Å²) in [4.78, 5) is 12.9. The summed E-state index contributed by atoms with van der Waals surface area (Å²) in [6.45, 7) is 8.74. The average molecular weight is 296 g/mol. The van der Waals surface area contributed by atoms with Crippen LogP contribution in [0.2, 0.25) is 0 Å². The Morgan fingerprint density at radius 3 is 2.29 bits per heavy atom. The Kier molecular flexibility index (Phi) is 3.58. The van der Waals surface area contributed by atoms with Gasteiger partial charge in [-0.3, -0.25) is 4.79 Å². The molecule has 0 N–H and O–H groups in total. The van der Waals surface area contributed by atoms with E-state index in [0.717, 1.165) is 20.2 Å². The molecule has 21 heavy (non-hydrogen) atoms. The topological polar surface area (TPSA) is 17.1 Å². The molecule has 1 heterocycles. The maximum Gasteiger partial charge on any atom is 0.196 e. The monoisotopic (exact) mass is 296 g/mol. The van der Waals surface area contributed by atoms with E-state index in [9.17, 15) is 4.79 Å². The molecule has 0 fully saturated rings. The molecule has 0 aliphatic heterocycles. The summed E-state index contributed by atoms with van der Waals surface area (Å²) in [5.41, 5.74) is 2.68. The Morgan fingerprint density at radius 1 is 0.905 bits per heavy atom. The smallest absolute Gasteiger partial charge is 0.196 e. The van der Waals surface area contributed by atoms with Crippen LogP contribution in [0.3, 0.4) is 0 Å². The molecule has 0 aliphatic carbocycles. The molecule has 0 saturated heterocycles. The minimum atomic E-state index is 0.179. The summed E-state index contributed by atoms with van der Waals surface area (Å²) in [5, 5.41) is 1.76. The van der Waals surface area contributed by atoms with Crippen LogP contribution >= 0.6 is 11.3 Å². The van der Waals surface area contributed by atoms with Crippen LogP contribution in [-0.2, 0) is 0 Å². The Labute approximate surface area is 129 Å². The van der Waals surface area contributed by atoms with Crippen molar-refractivity contribution < 1.29 is 0 Å². The predicted molar refractivity (Wildman–Crippen MR) is 93.8 cm³/mol. The minimum Gasteiger partial charge on any atom is -0.288 e. The van der Waals surface area contributed by atoms with Gasteiger partial charge in [0, 0.05) is 20.2 Å². The third-order valence-electron chi connectivity index (χ3n) is 4.02. The van der Waals surface area contributed by atoms with Crippen molar-refractivity contribution in [3.63, 3.8) is 0 Å². The summed E-state index contributed by atoms with van der Waals surface area (Å²) in [7, 11) is 0. The van der Waals surface area contributed by atoms with Gasteiger partial charge in [-0.1, -0.05) is 45.9 Å². The summed E-state index contributed by atoms with van der Waals surface area (Å²) >= 11 is 1.73. The van der Waals surface area contributed by atoms with Crippen LogP contribution < -0.4 is 5.43 Å². The van der Waals surface area contributed by atoms with E-state index in [-0.39, 0.29) is 5.43 Å². The Hall–Kier alpha value is -1.67. The number of rotatable bonds is 2. The third kappa shape index (κ3) is 2.38. The Balaban J connectivity index is 2.52. The van der Waals surface area contributed by atoms with E-state index < -0.39 is 0 Å². The quantitative estimate of drug-likeness (QED) is 0.557. The van der Waals surface area contributed by atoms with Gasteiger partial charge >= 0.3 is 0 Å². The highest BCUT2D eigenvalue weighted by Gasteiger charge is 2.14. The van der Waals surface area contributed by atoms with Crippen molar-refractivity contribution in [1.82, 2.24) is 0 Å². The van der Waals surface area contributed by atoms with E-state index in [2.05, 4.69) is 39.8 Å². The first-order valence-electron chi connectivity index (χ1n) is 7.48. The van der Waals surface area contributed by atoms with Crippen molar-refractivity contribution >= 4 is 31.5 Å². The molecular weight excluding hydrogens is 276 g/mol. The molecule has 0 aliphatic rings. The van der Waals surface area contributed by atoms with Gasteiger partial charge in [0.15, 0.2) is 5.43 Å². The van der Waals surface area contributed by atoms with E-state index in [1.165, 1.54) is 11.1 Å². The molecule has 0 saturated carbocycles. The summed E-state index contributed by atoms with van der Waals surface area (Å²) < 4.78 is 2.19. The molecule has 0 bridgehead atoms. The molecule has 0 atom stereocenters. The molecule has 0 unspecified atom stereocenters. The van der Waals surface area contributed by atoms with Gasteiger partial charge in [-0.2, -0.15) is 0 Å². The lowest BCUT2D eigenvalue weighted by Gasteiger charge is -2.15. The van der Waals surface area contributed by atoms with Crippen molar-refractivity contribution in [1.29, 1.82) is 0 Å². The van der Waals surface area contributed by atoms with Crippen molar-refractivity contribution in [2.75, 3.05) is 0 Å². The molecule has 0 amide bonds. The molecule has 2 heteroatoms. The van der Waals surface area contributed by atoms with Gasteiger partial charge < -0.3 is 0 Å². The fourth-order valence-corrected chi connectivity index (χ4v) is 3.93. The summed E-state index contributed by atoms with van der Waals surface area (Å²) in [5.74, 6) is 0.827. The number of fused-ring (bicyclic) bond motifs is 2. The first-order chi connectivity index (χ1) is 9.99. The average Bonchev–Trinajstić information content (AvgIpc) is 2.46. The van der Waals surface area contributed by atoms with Gasteiger partial charge in [0.05, 0.1) is 0 Å². The fourth-order valence-electron chi connectivity index (χ4n) is 2.77. The van der Waals surface area contributed by atoms with Crippen LogP contribution in [0.5, 0.6) is 0 Å². The molecule has 2 aromatic carbocycles. The van der Waals surface area contributed by atoms with Crippen molar-refractivity contribution in [3.8, 4) is 0 Å². The normalized spacial score (nSPS) is 11.9. The molecular formula is C19H20OS. The largest absolute Gasteiger partial charge is 0.288 e. The van der Waals surface area contributed by atoms with Crippen LogP contribution in [-0.4, -0.2) is 0 Å². The first-order valence-corrected chi connectivity index (χ1v) is 8.30. The lowest BCUT2D eigenvalue weighted by atomic mass is 9.92. The highest BCUT2D eigenvalue weighted by atomic mass is 32.1. The fraction of sp³-hybridized carbons (Fsp3) is 0.316. The molecule has 3 aromatic rings. The second-order valence-electron chi connectivity index (χ2n) is 6.22. The van der Waals surface area contributed by atoms with Crippen LogP contribution in [0.4, 0.5) is 0 Å². The van der Waals surface area contributed by atoms with Crippen molar-refractivity contribution in [2.45, 2.75) is 39.5 Å². The number of hydrogen-bond donors (Lipinski definition) is 0. The van der Waals surface area contributed by atoms with E-state index in [1.54, 1.807) is 11.3 Å². The van der Waals surface area contributed by atoms with Gasteiger partial charge in [0.25, 0.3) is 0 Å². The Bertz CT molecular complexity index is 872. The van der Waals surface area contributed by atoms with Gasteiger partial charge in [-0.15, -0.1) is 11.3 Å². The molecule has 0 spiro atoms. The SMILES string of the molecule is CC(C)c1cc(C(C)C)c2c(=O)c3ccccc3sc2c1. The van der Waals surface area contributed by atoms with E-state index in [4.69, 9.17) is 0 Å². The first kappa shape index (κ1) is 14.3. The highest BCUT2D eigenvalue weighted by molar-refractivity contribution is 7.24. The zero-order chi connectivity index (χ0) is 15.1. The van der Waals surface area contributed by atoms with E-state index >= 15 is 0 Å². The van der Waals surface area contributed by atoms with Crippen LogP contribution in [0, 0.1) is 0 Å². The van der Waals surface area contributed by atoms with Crippen LogP contribution in [0.15, 0.2) is 41.2 Å². The lowest BCUT2D eigenvalue weighted by molar-refractivity contribution is 0.842. The number of hydrogen-bond acceptors (Lipinski definition) is 2. The third-order valence-corrected chi connectivity index (χ3v) is 5.14. The molecule has 1 aromatic heterocycles. The van der Waals surface area contributed by atoms with Gasteiger partial charge in [0.2, 0.25) is 0 Å². The predicted octanol–water partition coefficient (Wildman–Crippen LogP) is 5.66.